The van der Waals surface area contributed by atoms with E-state index in [9.17, 15) is 9.59 Å². The Morgan fingerprint density at radius 2 is 1.72 bits per heavy atom. The minimum atomic E-state index is -0.371. The lowest BCUT2D eigenvalue weighted by Crippen LogP contribution is -2.48. The smallest absolute Gasteiger partial charge is 0.261 e. The van der Waals surface area contributed by atoms with E-state index >= 15 is 0 Å². The van der Waals surface area contributed by atoms with Gasteiger partial charge in [-0.1, -0.05) is 30.3 Å². The summed E-state index contributed by atoms with van der Waals surface area (Å²) in [6, 6.07) is 11.4. The van der Waals surface area contributed by atoms with E-state index in [1.54, 1.807) is 6.07 Å². The normalized spacial score (nSPS) is 19.4. The van der Waals surface area contributed by atoms with Crippen molar-refractivity contribution in [2.45, 2.75) is 0 Å². The average Bonchev–Trinajstić information content (AvgIpc) is 2.74. The van der Waals surface area contributed by atoms with Gasteiger partial charge in [-0.3, -0.25) is 19.4 Å². The molecule has 2 aromatic rings. The summed E-state index contributed by atoms with van der Waals surface area (Å²) in [4.78, 5) is 30.0. The van der Waals surface area contributed by atoms with Gasteiger partial charge in [0.1, 0.15) is 5.57 Å². The first kappa shape index (κ1) is 19.6. The zero-order chi connectivity index (χ0) is 20.2. The monoisotopic (exact) mass is 394 g/mol. The van der Waals surface area contributed by atoms with E-state index in [2.05, 4.69) is 20.4 Å². The Balaban J connectivity index is 1.37. The molecule has 2 aliphatic heterocycles. The molecule has 7 heteroatoms. The lowest BCUT2D eigenvalue weighted by atomic mass is 9.94. The maximum atomic E-state index is 12.9. The molecule has 0 saturated carbocycles. The third-order valence-corrected chi connectivity index (χ3v) is 5.60. The first-order valence-electron chi connectivity index (χ1n) is 10.0. The van der Waals surface area contributed by atoms with Crippen LogP contribution in [0.5, 0.6) is 0 Å². The van der Waals surface area contributed by atoms with Gasteiger partial charge < -0.3 is 15.7 Å². The van der Waals surface area contributed by atoms with Crippen molar-refractivity contribution < 1.29 is 14.7 Å². The molecule has 1 saturated heterocycles. The molecule has 0 aliphatic carbocycles. The highest BCUT2D eigenvalue weighted by Crippen LogP contribution is 2.32. The van der Waals surface area contributed by atoms with Crippen molar-refractivity contribution in [1.82, 2.24) is 15.1 Å². The van der Waals surface area contributed by atoms with Gasteiger partial charge in [-0.25, -0.2) is 0 Å². The second kappa shape index (κ2) is 8.73. The van der Waals surface area contributed by atoms with Crippen LogP contribution >= 0.6 is 0 Å². The average molecular weight is 394 g/mol. The summed E-state index contributed by atoms with van der Waals surface area (Å²) in [6.07, 6.45) is 1.54. The van der Waals surface area contributed by atoms with E-state index < -0.39 is 0 Å². The largest absolute Gasteiger partial charge is 0.395 e. The molecule has 1 fully saturated rings. The lowest BCUT2D eigenvalue weighted by molar-refractivity contribution is -0.112. The minimum absolute atomic E-state index is 0.139. The first-order chi connectivity index (χ1) is 14.2. The van der Waals surface area contributed by atoms with Crippen LogP contribution in [0.3, 0.4) is 0 Å². The van der Waals surface area contributed by atoms with Crippen molar-refractivity contribution >= 4 is 28.2 Å². The molecule has 0 aromatic heterocycles. The number of aliphatic hydroxyl groups is 1. The third kappa shape index (κ3) is 4.17. The lowest BCUT2D eigenvalue weighted by Gasteiger charge is -2.34. The zero-order valence-corrected chi connectivity index (χ0v) is 16.4. The summed E-state index contributed by atoms with van der Waals surface area (Å²) < 4.78 is 0. The maximum absolute atomic E-state index is 12.9. The maximum Gasteiger partial charge on any atom is 0.261 e. The van der Waals surface area contributed by atoms with Crippen LogP contribution in [-0.2, 0) is 4.79 Å². The molecule has 2 heterocycles. The SMILES string of the molecule is O=C1Nc2c(ccc3ccccc23)C(=O)/C1=C/NCCN1CCN(CCO)CC1. The predicted molar refractivity (Wildman–Crippen MR) is 113 cm³/mol. The fraction of sp³-hybridized carbons (Fsp3) is 0.364. The van der Waals surface area contributed by atoms with Crippen molar-refractivity contribution in [2.24, 2.45) is 0 Å². The van der Waals surface area contributed by atoms with Gasteiger partial charge in [-0.15, -0.1) is 0 Å². The first-order valence-corrected chi connectivity index (χ1v) is 10.0. The molecular formula is C22H26N4O3. The summed E-state index contributed by atoms with van der Waals surface area (Å²) in [5.41, 5.74) is 1.26. The molecule has 3 N–H and O–H groups in total. The number of carbonyl (C=O) groups excluding carboxylic acids is 2. The van der Waals surface area contributed by atoms with Gasteiger partial charge in [0.05, 0.1) is 12.3 Å². The number of carbonyl (C=O) groups is 2. The van der Waals surface area contributed by atoms with Crippen molar-refractivity contribution in [1.29, 1.82) is 0 Å². The molecule has 0 radical (unpaired) electrons. The highest BCUT2D eigenvalue weighted by atomic mass is 16.3. The number of nitrogens with one attached hydrogen (secondary N) is 2. The van der Waals surface area contributed by atoms with Crippen LogP contribution in [0.4, 0.5) is 5.69 Å². The van der Waals surface area contributed by atoms with E-state index in [0.29, 0.717) is 17.8 Å². The molecule has 0 bridgehead atoms. The molecular weight excluding hydrogens is 368 g/mol. The Labute approximate surface area is 170 Å². The second-order valence-corrected chi connectivity index (χ2v) is 7.41. The quantitative estimate of drug-likeness (QED) is 0.386. The van der Waals surface area contributed by atoms with Gasteiger partial charge in [-0.2, -0.15) is 0 Å². The Bertz CT molecular complexity index is 948. The fourth-order valence-electron chi connectivity index (χ4n) is 3.93. The second-order valence-electron chi connectivity index (χ2n) is 7.41. The van der Waals surface area contributed by atoms with Crippen molar-refractivity contribution in [3.63, 3.8) is 0 Å². The molecule has 4 rings (SSSR count). The molecule has 29 heavy (non-hydrogen) atoms. The van der Waals surface area contributed by atoms with Gasteiger partial charge in [0.15, 0.2) is 0 Å². The number of fused-ring (bicyclic) bond motifs is 3. The Hall–Kier alpha value is -2.74. The fourth-order valence-corrected chi connectivity index (χ4v) is 3.93. The third-order valence-electron chi connectivity index (χ3n) is 5.60. The number of hydrogen-bond acceptors (Lipinski definition) is 6. The van der Waals surface area contributed by atoms with Gasteiger partial charge in [0, 0.05) is 63.0 Å². The van der Waals surface area contributed by atoms with Crippen LogP contribution in [0.1, 0.15) is 10.4 Å². The number of anilines is 1. The van der Waals surface area contributed by atoms with Crippen molar-refractivity contribution in [3.05, 3.63) is 53.7 Å². The van der Waals surface area contributed by atoms with Crippen LogP contribution in [0.2, 0.25) is 0 Å². The molecule has 7 nitrogen and oxygen atoms in total. The topological polar surface area (TPSA) is 84.9 Å². The van der Waals surface area contributed by atoms with Crippen LogP contribution in [-0.4, -0.2) is 79.0 Å². The Kier molecular flexibility index (Phi) is 5.89. The zero-order valence-electron chi connectivity index (χ0n) is 16.4. The minimum Gasteiger partial charge on any atom is -0.395 e. The van der Waals surface area contributed by atoms with E-state index in [1.165, 1.54) is 6.20 Å². The number of ketones is 1. The summed E-state index contributed by atoms with van der Waals surface area (Å²) in [6.45, 7) is 6.25. The molecule has 0 spiro atoms. The van der Waals surface area contributed by atoms with Gasteiger partial charge >= 0.3 is 0 Å². The molecule has 0 unspecified atom stereocenters. The number of hydrogen-bond donors (Lipinski definition) is 3. The molecule has 2 aromatic carbocycles. The number of β-amino-alcohol motifs (C(OH)–C–C–N with tert-alkyl or cyclic N) is 1. The van der Waals surface area contributed by atoms with Crippen LogP contribution in [0, 0.1) is 0 Å². The van der Waals surface area contributed by atoms with Gasteiger partial charge in [-0.05, 0) is 11.5 Å². The highest BCUT2D eigenvalue weighted by Gasteiger charge is 2.29. The number of aliphatic hydroxyl groups excluding tert-OH is 1. The number of Topliss-reactive ketones (excluding diaryl/α,β-unsaturated/α-hetero) is 1. The van der Waals surface area contributed by atoms with Crippen LogP contribution in [0.15, 0.2) is 48.2 Å². The summed E-state index contributed by atoms with van der Waals surface area (Å²) in [7, 11) is 0. The number of amides is 1. The van der Waals surface area contributed by atoms with Crippen LogP contribution < -0.4 is 10.6 Å². The highest BCUT2D eigenvalue weighted by molar-refractivity contribution is 6.36. The standard InChI is InChI=1S/C22H26N4O3/c27-14-13-26-11-9-25(10-12-26)8-7-23-15-19-21(28)18-6-5-16-3-1-2-4-17(16)20(18)24-22(19)29/h1-6,15,23,27H,7-14H2,(H,24,29)/b19-15-. The number of nitrogens with zero attached hydrogens (tertiary/aromatic N) is 2. The molecule has 152 valence electrons. The number of piperazine rings is 1. The Morgan fingerprint density at radius 3 is 2.48 bits per heavy atom. The van der Waals surface area contributed by atoms with E-state index in [0.717, 1.165) is 50.0 Å². The summed E-state index contributed by atoms with van der Waals surface area (Å²) in [5.74, 6) is -0.622. The van der Waals surface area contributed by atoms with E-state index in [-0.39, 0.29) is 23.9 Å². The van der Waals surface area contributed by atoms with E-state index in [1.807, 2.05) is 30.3 Å². The number of benzene rings is 2. The van der Waals surface area contributed by atoms with Gasteiger partial charge in [0.2, 0.25) is 5.78 Å². The number of rotatable bonds is 6. The van der Waals surface area contributed by atoms with Crippen molar-refractivity contribution in [3.8, 4) is 0 Å². The molecule has 0 atom stereocenters. The predicted octanol–water partition coefficient (Wildman–Crippen LogP) is 1.06. The molecule has 1 amide bonds. The van der Waals surface area contributed by atoms with Gasteiger partial charge in [0.25, 0.3) is 5.91 Å². The van der Waals surface area contributed by atoms with E-state index in [4.69, 9.17) is 5.11 Å². The Morgan fingerprint density at radius 1 is 1.00 bits per heavy atom. The van der Waals surface area contributed by atoms with Crippen LogP contribution in [0.25, 0.3) is 10.8 Å². The summed E-state index contributed by atoms with van der Waals surface area (Å²) >= 11 is 0. The summed E-state index contributed by atoms with van der Waals surface area (Å²) in [5, 5.41) is 16.9. The molecule has 2 aliphatic rings. The van der Waals surface area contributed by atoms with Crippen molar-refractivity contribution in [2.75, 3.05) is 57.7 Å².